The third-order valence-corrected chi connectivity index (χ3v) is 1.31. The topological polar surface area (TPSA) is 47.2 Å². The minimum atomic E-state index is -4.52. The van der Waals surface area contributed by atoms with Crippen molar-refractivity contribution in [2.24, 2.45) is 12.0 Å². The molecule has 0 spiro atoms. The molecule has 0 aliphatic carbocycles. The molecule has 70 valence electrons. The molecule has 0 fully saturated rings. The SMILES string of the molecule is Cn1nc(C(F)(F)F)cc1N=C=O. The summed E-state index contributed by atoms with van der Waals surface area (Å²) in [6.45, 7) is 0. The first-order valence-corrected chi connectivity index (χ1v) is 3.14. The second kappa shape index (κ2) is 3.02. The number of hydrogen-bond donors (Lipinski definition) is 0. The van der Waals surface area contributed by atoms with Gasteiger partial charge in [-0.3, -0.25) is 0 Å². The number of aryl methyl sites for hydroxylation is 1. The Morgan fingerprint density at radius 1 is 1.62 bits per heavy atom. The molecular weight excluding hydrogens is 187 g/mol. The Labute approximate surface area is 70.7 Å². The van der Waals surface area contributed by atoms with Crippen LogP contribution in [0.2, 0.25) is 0 Å². The molecule has 0 aromatic carbocycles. The van der Waals surface area contributed by atoms with Crippen molar-refractivity contribution in [2.45, 2.75) is 6.18 Å². The van der Waals surface area contributed by atoms with E-state index in [1.54, 1.807) is 0 Å². The van der Waals surface area contributed by atoms with Crippen molar-refractivity contribution in [1.29, 1.82) is 0 Å². The fourth-order valence-corrected chi connectivity index (χ4v) is 0.747. The van der Waals surface area contributed by atoms with Gasteiger partial charge in [0.2, 0.25) is 6.08 Å². The molecular formula is C6H4F3N3O. The molecule has 1 heterocycles. The summed E-state index contributed by atoms with van der Waals surface area (Å²) < 4.78 is 36.9. The second-order valence-electron chi connectivity index (χ2n) is 2.21. The maximum atomic E-state index is 12.0. The predicted molar refractivity (Wildman–Crippen MR) is 36.0 cm³/mol. The standard InChI is InChI=1S/C6H4F3N3O/c1-12-5(10-3-13)2-4(11-12)6(7,8)9/h2H,1H3. The molecule has 0 N–H and O–H groups in total. The average Bonchev–Trinajstić information content (AvgIpc) is 2.32. The number of rotatable bonds is 1. The van der Waals surface area contributed by atoms with Crippen molar-refractivity contribution in [1.82, 2.24) is 9.78 Å². The highest BCUT2D eigenvalue weighted by Gasteiger charge is 2.34. The summed E-state index contributed by atoms with van der Waals surface area (Å²) >= 11 is 0. The lowest BCUT2D eigenvalue weighted by Gasteiger charge is -1.98. The predicted octanol–water partition coefficient (Wildman–Crippen LogP) is 1.41. The highest BCUT2D eigenvalue weighted by atomic mass is 19.4. The molecule has 0 bridgehead atoms. The molecule has 0 unspecified atom stereocenters. The van der Waals surface area contributed by atoms with Crippen LogP contribution in [0.5, 0.6) is 0 Å². The first kappa shape index (κ1) is 9.47. The Hall–Kier alpha value is -1.62. The molecule has 1 aromatic rings. The second-order valence-corrected chi connectivity index (χ2v) is 2.21. The minimum absolute atomic E-state index is 0.178. The van der Waals surface area contributed by atoms with E-state index in [0.29, 0.717) is 6.07 Å². The number of hydrogen-bond acceptors (Lipinski definition) is 3. The molecule has 0 saturated heterocycles. The highest BCUT2D eigenvalue weighted by molar-refractivity contribution is 5.45. The van der Waals surface area contributed by atoms with Gasteiger partial charge >= 0.3 is 6.18 Å². The van der Waals surface area contributed by atoms with E-state index in [0.717, 1.165) is 10.8 Å². The van der Waals surface area contributed by atoms with Crippen LogP contribution in [0.1, 0.15) is 5.69 Å². The summed E-state index contributed by atoms with van der Waals surface area (Å²) in [5.41, 5.74) is -1.08. The van der Waals surface area contributed by atoms with E-state index in [9.17, 15) is 18.0 Å². The lowest BCUT2D eigenvalue weighted by Crippen LogP contribution is -2.06. The molecule has 0 atom stereocenters. The number of carbonyl (C=O) groups excluding carboxylic acids is 1. The van der Waals surface area contributed by atoms with E-state index in [2.05, 4.69) is 10.1 Å². The van der Waals surface area contributed by atoms with Gasteiger partial charge in [-0.25, -0.2) is 9.48 Å². The summed E-state index contributed by atoms with van der Waals surface area (Å²) in [6.07, 6.45) is -3.38. The molecule has 13 heavy (non-hydrogen) atoms. The van der Waals surface area contributed by atoms with Crippen LogP contribution in [0.3, 0.4) is 0 Å². The summed E-state index contributed by atoms with van der Waals surface area (Å²) in [5, 5.41) is 3.12. The van der Waals surface area contributed by atoms with E-state index in [1.165, 1.54) is 7.05 Å². The number of halogens is 3. The van der Waals surface area contributed by atoms with Gasteiger partial charge in [0.15, 0.2) is 11.5 Å². The summed E-state index contributed by atoms with van der Waals surface area (Å²) in [6, 6.07) is 0.672. The smallest absolute Gasteiger partial charge is 0.250 e. The Kier molecular flexibility index (Phi) is 2.20. The summed E-state index contributed by atoms with van der Waals surface area (Å²) in [7, 11) is 1.26. The molecule has 0 saturated carbocycles. The zero-order valence-corrected chi connectivity index (χ0v) is 6.46. The quantitative estimate of drug-likeness (QED) is 0.497. The van der Waals surface area contributed by atoms with Crippen LogP contribution in [0.25, 0.3) is 0 Å². The fourth-order valence-electron chi connectivity index (χ4n) is 0.747. The van der Waals surface area contributed by atoms with E-state index in [1.807, 2.05) is 0 Å². The van der Waals surface area contributed by atoms with Crippen molar-refractivity contribution in [3.05, 3.63) is 11.8 Å². The molecule has 0 aliphatic rings. The van der Waals surface area contributed by atoms with Crippen molar-refractivity contribution in [3.63, 3.8) is 0 Å². The van der Waals surface area contributed by atoms with Gasteiger partial charge in [0.05, 0.1) is 0 Å². The lowest BCUT2D eigenvalue weighted by atomic mass is 10.4. The van der Waals surface area contributed by atoms with Gasteiger partial charge in [0, 0.05) is 13.1 Å². The lowest BCUT2D eigenvalue weighted by molar-refractivity contribution is -0.141. The van der Waals surface area contributed by atoms with Crippen LogP contribution in [-0.2, 0) is 18.0 Å². The Morgan fingerprint density at radius 2 is 2.23 bits per heavy atom. The summed E-state index contributed by atoms with van der Waals surface area (Å²) in [5.74, 6) is -0.178. The molecule has 0 aliphatic heterocycles. The average molecular weight is 191 g/mol. The van der Waals surface area contributed by atoms with Gasteiger partial charge < -0.3 is 0 Å². The van der Waals surface area contributed by atoms with Gasteiger partial charge in [-0.1, -0.05) is 0 Å². The van der Waals surface area contributed by atoms with Gasteiger partial charge in [0.25, 0.3) is 0 Å². The van der Waals surface area contributed by atoms with Crippen LogP contribution < -0.4 is 0 Å². The van der Waals surface area contributed by atoms with Gasteiger partial charge in [-0.05, 0) is 0 Å². The van der Waals surface area contributed by atoms with Gasteiger partial charge in [0.1, 0.15) is 0 Å². The molecule has 4 nitrogen and oxygen atoms in total. The number of nitrogens with zero attached hydrogens (tertiary/aromatic N) is 3. The maximum Gasteiger partial charge on any atom is 0.435 e. The first-order chi connectivity index (χ1) is 5.95. The molecule has 7 heteroatoms. The van der Waals surface area contributed by atoms with Gasteiger partial charge in [-0.2, -0.15) is 18.3 Å². The van der Waals surface area contributed by atoms with Crippen LogP contribution in [-0.4, -0.2) is 15.9 Å². The largest absolute Gasteiger partial charge is 0.435 e. The fraction of sp³-hybridized carbons (Fsp3) is 0.333. The van der Waals surface area contributed by atoms with Crippen LogP contribution >= 0.6 is 0 Å². The summed E-state index contributed by atoms with van der Waals surface area (Å²) in [4.78, 5) is 12.8. The van der Waals surface area contributed by atoms with E-state index in [4.69, 9.17) is 0 Å². The zero-order chi connectivity index (χ0) is 10.1. The van der Waals surface area contributed by atoms with E-state index >= 15 is 0 Å². The van der Waals surface area contributed by atoms with Crippen molar-refractivity contribution < 1.29 is 18.0 Å². The van der Waals surface area contributed by atoms with E-state index in [-0.39, 0.29) is 5.82 Å². The molecule has 1 aromatic heterocycles. The Balaban J connectivity index is 3.16. The highest BCUT2D eigenvalue weighted by Crippen LogP contribution is 2.30. The van der Waals surface area contributed by atoms with Gasteiger partial charge in [-0.15, -0.1) is 4.99 Å². The minimum Gasteiger partial charge on any atom is -0.250 e. The third kappa shape index (κ3) is 1.94. The van der Waals surface area contributed by atoms with Crippen molar-refractivity contribution >= 4 is 11.9 Å². The Bertz CT molecular complexity index is 362. The Morgan fingerprint density at radius 3 is 2.62 bits per heavy atom. The van der Waals surface area contributed by atoms with Crippen molar-refractivity contribution in [3.8, 4) is 0 Å². The van der Waals surface area contributed by atoms with E-state index < -0.39 is 11.9 Å². The maximum absolute atomic E-state index is 12.0. The zero-order valence-electron chi connectivity index (χ0n) is 6.46. The number of aromatic nitrogens is 2. The number of isocyanates is 1. The van der Waals surface area contributed by atoms with Crippen molar-refractivity contribution in [2.75, 3.05) is 0 Å². The van der Waals surface area contributed by atoms with Crippen LogP contribution in [0.15, 0.2) is 11.1 Å². The third-order valence-electron chi connectivity index (χ3n) is 1.31. The normalized spacial score (nSPS) is 11.1. The molecule has 1 rings (SSSR count). The van der Waals surface area contributed by atoms with Crippen LogP contribution in [0.4, 0.5) is 19.0 Å². The first-order valence-electron chi connectivity index (χ1n) is 3.14. The number of alkyl halides is 3. The monoisotopic (exact) mass is 191 g/mol. The van der Waals surface area contributed by atoms with Crippen LogP contribution in [0, 0.1) is 0 Å². The number of aliphatic imine (C=N–C) groups is 1. The molecule has 0 radical (unpaired) electrons. The molecule has 0 amide bonds.